The van der Waals surface area contributed by atoms with Gasteiger partial charge < -0.3 is 30.0 Å². The SMILES string of the molecule is COc1cc2c(Oc3ccc(CC(=O)Nc4ccccc4)cc3)ccnc2cc1OCC[C@H](N)C(=O)OC1CCCC1. The zero-order chi connectivity index (χ0) is 29.3. The van der Waals surface area contributed by atoms with Crippen molar-refractivity contribution in [1.29, 1.82) is 0 Å². The second-order valence-corrected chi connectivity index (χ2v) is 10.3. The minimum Gasteiger partial charge on any atom is -0.493 e. The first-order chi connectivity index (χ1) is 20.5. The fraction of sp³-hybridized carbons (Fsp3) is 0.303. The molecule has 0 saturated heterocycles. The van der Waals surface area contributed by atoms with Gasteiger partial charge in [-0.1, -0.05) is 30.3 Å². The summed E-state index contributed by atoms with van der Waals surface area (Å²) in [6, 6.07) is 21.4. The Morgan fingerprint density at radius 2 is 1.74 bits per heavy atom. The van der Waals surface area contributed by atoms with Crippen molar-refractivity contribution in [1.82, 2.24) is 4.98 Å². The van der Waals surface area contributed by atoms with Gasteiger partial charge >= 0.3 is 5.97 Å². The number of nitrogens with two attached hydrogens (primary N) is 1. The number of carbonyl (C=O) groups is 2. The fourth-order valence-corrected chi connectivity index (χ4v) is 4.88. The molecule has 0 spiro atoms. The van der Waals surface area contributed by atoms with Crippen molar-refractivity contribution in [3.8, 4) is 23.0 Å². The normalized spacial score (nSPS) is 13.9. The number of para-hydroxylation sites is 1. The Bertz CT molecular complexity index is 1500. The van der Waals surface area contributed by atoms with Crippen molar-refractivity contribution in [2.75, 3.05) is 19.0 Å². The number of amides is 1. The molecule has 1 aliphatic carbocycles. The van der Waals surface area contributed by atoms with Crippen LogP contribution in [0.15, 0.2) is 79.0 Å². The lowest BCUT2D eigenvalue weighted by atomic mass is 10.1. The van der Waals surface area contributed by atoms with Crippen LogP contribution in [0.5, 0.6) is 23.0 Å². The standard InChI is InChI=1S/C33H35N3O6/c1-39-30-20-26-28(21-31(30)40-18-16-27(34)33(38)42-24-9-5-6-10-24)35-17-15-29(26)41-25-13-11-22(12-14-25)19-32(37)36-23-7-3-2-4-8-23/h2-4,7-8,11-15,17,20-21,24,27H,5-6,9-10,16,18-19,34H2,1H3,(H,36,37)/t27-/m0/s1. The number of nitrogens with zero attached hydrogens (tertiary/aromatic N) is 1. The van der Waals surface area contributed by atoms with E-state index in [1.54, 1.807) is 25.4 Å². The Balaban J connectivity index is 1.20. The number of hydrogen-bond donors (Lipinski definition) is 2. The van der Waals surface area contributed by atoms with Gasteiger partial charge in [0.2, 0.25) is 5.91 Å². The molecule has 1 saturated carbocycles. The van der Waals surface area contributed by atoms with Crippen molar-refractivity contribution in [3.63, 3.8) is 0 Å². The van der Waals surface area contributed by atoms with Crippen LogP contribution in [0.1, 0.15) is 37.7 Å². The van der Waals surface area contributed by atoms with Crippen LogP contribution in [0.25, 0.3) is 10.9 Å². The summed E-state index contributed by atoms with van der Waals surface area (Å²) in [6.07, 6.45) is 6.18. The zero-order valence-corrected chi connectivity index (χ0v) is 23.6. The molecule has 1 fully saturated rings. The third-order valence-electron chi connectivity index (χ3n) is 7.13. The molecule has 0 bridgehead atoms. The summed E-state index contributed by atoms with van der Waals surface area (Å²) in [6.45, 7) is 0.217. The number of benzene rings is 3. The summed E-state index contributed by atoms with van der Waals surface area (Å²) in [5.41, 5.74) is 8.33. The molecule has 218 valence electrons. The summed E-state index contributed by atoms with van der Waals surface area (Å²) in [5.74, 6) is 1.73. The topological polar surface area (TPSA) is 122 Å². The number of anilines is 1. The first-order valence-electron chi connectivity index (χ1n) is 14.2. The Morgan fingerprint density at radius 3 is 2.48 bits per heavy atom. The fourth-order valence-electron chi connectivity index (χ4n) is 4.88. The Hall–Kier alpha value is -4.63. The largest absolute Gasteiger partial charge is 0.493 e. The predicted molar refractivity (Wildman–Crippen MR) is 160 cm³/mol. The molecule has 1 heterocycles. The van der Waals surface area contributed by atoms with Crippen molar-refractivity contribution in [3.05, 3.63) is 84.6 Å². The molecule has 1 aliphatic rings. The van der Waals surface area contributed by atoms with Gasteiger partial charge in [0.1, 0.15) is 23.6 Å². The molecule has 3 N–H and O–H groups in total. The summed E-state index contributed by atoms with van der Waals surface area (Å²) in [5, 5.41) is 3.63. The number of ether oxygens (including phenoxy) is 4. The van der Waals surface area contributed by atoms with Crippen LogP contribution in [0.2, 0.25) is 0 Å². The third kappa shape index (κ3) is 7.55. The highest BCUT2D eigenvalue weighted by molar-refractivity contribution is 5.92. The summed E-state index contributed by atoms with van der Waals surface area (Å²) in [7, 11) is 1.56. The van der Waals surface area contributed by atoms with Gasteiger partial charge in [-0.3, -0.25) is 14.6 Å². The number of carbonyl (C=O) groups excluding carboxylic acids is 2. The number of pyridine rings is 1. The molecule has 1 aromatic heterocycles. The quantitative estimate of drug-likeness (QED) is 0.205. The summed E-state index contributed by atoms with van der Waals surface area (Å²) in [4.78, 5) is 29.1. The second-order valence-electron chi connectivity index (χ2n) is 10.3. The molecular formula is C33H35N3O6. The van der Waals surface area contributed by atoms with E-state index in [9.17, 15) is 9.59 Å². The van der Waals surface area contributed by atoms with E-state index in [0.717, 1.165) is 42.3 Å². The molecule has 3 aromatic carbocycles. The molecule has 1 atom stereocenters. The van der Waals surface area contributed by atoms with Gasteiger partial charge in [0.05, 0.1) is 25.7 Å². The van der Waals surface area contributed by atoms with Crippen molar-refractivity contribution in [2.45, 2.75) is 50.7 Å². The second kappa shape index (κ2) is 13.8. The van der Waals surface area contributed by atoms with Crippen LogP contribution in [0.4, 0.5) is 5.69 Å². The van der Waals surface area contributed by atoms with E-state index in [-0.39, 0.29) is 31.0 Å². The average Bonchev–Trinajstić information content (AvgIpc) is 3.51. The molecule has 0 unspecified atom stereocenters. The van der Waals surface area contributed by atoms with Gasteiger partial charge in [-0.15, -0.1) is 0 Å². The van der Waals surface area contributed by atoms with Crippen LogP contribution < -0.4 is 25.3 Å². The number of hydrogen-bond acceptors (Lipinski definition) is 8. The molecule has 1 amide bonds. The monoisotopic (exact) mass is 569 g/mol. The van der Waals surface area contributed by atoms with Gasteiger partial charge in [0.15, 0.2) is 11.5 Å². The van der Waals surface area contributed by atoms with Gasteiger partial charge in [-0.25, -0.2) is 0 Å². The van der Waals surface area contributed by atoms with Gasteiger partial charge in [0, 0.05) is 29.8 Å². The van der Waals surface area contributed by atoms with E-state index in [0.29, 0.717) is 34.9 Å². The van der Waals surface area contributed by atoms with Gasteiger partial charge in [0.25, 0.3) is 0 Å². The smallest absolute Gasteiger partial charge is 0.323 e. The number of nitrogens with one attached hydrogen (secondary N) is 1. The maximum absolute atomic E-state index is 12.4. The lowest BCUT2D eigenvalue weighted by Crippen LogP contribution is -2.35. The molecule has 9 heteroatoms. The summed E-state index contributed by atoms with van der Waals surface area (Å²) < 4.78 is 23.2. The van der Waals surface area contributed by atoms with Gasteiger partial charge in [-0.05, 0) is 67.6 Å². The summed E-state index contributed by atoms with van der Waals surface area (Å²) >= 11 is 0. The predicted octanol–water partition coefficient (Wildman–Crippen LogP) is 5.80. The zero-order valence-electron chi connectivity index (χ0n) is 23.6. The number of aromatic nitrogens is 1. The molecule has 0 aliphatic heterocycles. The number of fused-ring (bicyclic) bond motifs is 1. The molecular weight excluding hydrogens is 534 g/mol. The average molecular weight is 570 g/mol. The molecule has 9 nitrogen and oxygen atoms in total. The molecule has 0 radical (unpaired) electrons. The van der Waals surface area contributed by atoms with E-state index in [1.807, 2.05) is 60.7 Å². The van der Waals surface area contributed by atoms with E-state index in [2.05, 4.69) is 10.3 Å². The lowest BCUT2D eigenvalue weighted by Gasteiger charge is -2.17. The molecule has 42 heavy (non-hydrogen) atoms. The Labute approximate surface area is 244 Å². The third-order valence-corrected chi connectivity index (χ3v) is 7.13. The minimum absolute atomic E-state index is 0.0168. The van der Waals surface area contributed by atoms with Crippen LogP contribution in [-0.2, 0) is 20.7 Å². The maximum atomic E-state index is 12.4. The van der Waals surface area contributed by atoms with Crippen LogP contribution in [0, 0.1) is 0 Å². The number of esters is 1. The van der Waals surface area contributed by atoms with Crippen molar-refractivity contribution in [2.24, 2.45) is 5.73 Å². The molecule has 5 rings (SSSR count). The highest BCUT2D eigenvalue weighted by Crippen LogP contribution is 2.37. The van der Waals surface area contributed by atoms with E-state index >= 15 is 0 Å². The minimum atomic E-state index is -0.750. The van der Waals surface area contributed by atoms with Crippen LogP contribution in [-0.4, -0.2) is 42.7 Å². The first kappa shape index (κ1) is 28.9. The van der Waals surface area contributed by atoms with E-state index in [1.165, 1.54) is 0 Å². The van der Waals surface area contributed by atoms with E-state index in [4.69, 9.17) is 24.7 Å². The lowest BCUT2D eigenvalue weighted by molar-refractivity contribution is -0.150. The van der Waals surface area contributed by atoms with Crippen LogP contribution >= 0.6 is 0 Å². The Kier molecular flexibility index (Phi) is 9.51. The van der Waals surface area contributed by atoms with Crippen LogP contribution in [0.3, 0.4) is 0 Å². The number of rotatable bonds is 12. The molecule has 4 aromatic rings. The highest BCUT2D eigenvalue weighted by Gasteiger charge is 2.23. The van der Waals surface area contributed by atoms with E-state index < -0.39 is 6.04 Å². The van der Waals surface area contributed by atoms with Crippen molar-refractivity contribution < 1.29 is 28.5 Å². The first-order valence-corrected chi connectivity index (χ1v) is 14.2. The Morgan fingerprint density at radius 1 is 0.976 bits per heavy atom. The van der Waals surface area contributed by atoms with Gasteiger partial charge in [-0.2, -0.15) is 0 Å². The maximum Gasteiger partial charge on any atom is 0.323 e. The highest BCUT2D eigenvalue weighted by atomic mass is 16.5. The van der Waals surface area contributed by atoms with Crippen molar-refractivity contribution >= 4 is 28.5 Å². The number of methoxy groups -OCH3 is 1.